The van der Waals surface area contributed by atoms with E-state index in [-0.39, 0.29) is 12.1 Å². The van der Waals surface area contributed by atoms with E-state index < -0.39 is 0 Å². The molecule has 2 nitrogen and oxygen atoms in total. The normalized spacial score (nSPS) is 16.4. The predicted octanol–water partition coefficient (Wildman–Crippen LogP) is 3.80. The highest BCUT2D eigenvalue weighted by molar-refractivity contribution is 7.98. The number of nitrogens with two attached hydrogens (primary N) is 1. The first-order chi connectivity index (χ1) is 8.99. The first-order valence-corrected chi connectivity index (χ1v) is 8.47. The van der Waals surface area contributed by atoms with Crippen LogP contribution in [0.25, 0.3) is 0 Å². The second-order valence-corrected chi connectivity index (χ2v) is 6.51. The van der Waals surface area contributed by atoms with Gasteiger partial charge in [0.1, 0.15) is 0 Å². The van der Waals surface area contributed by atoms with Crippen LogP contribution in [0.15, 0.2) is 24.3 Å². The second kappa shape index (κ2) is 8.15. The molecule has 2 N–H and O–H groups in total. The molecule has 0 amide bonds. The molecule has 0 radical (unpaired) electrons. The van der Waals surface area contributed by atoms with Gasteiger partial charge in [0.15, 0.2) is 0 Å². The van der Waals surface area contributed by atoms with Crippen molar-refractivity contribution in [2.75, 3.05) is 19.1 Å². The number of thioether (sulfide) groups is 1. The number of likely N-dealkylation sites (N-methyl/N-ethyl adjacent to an activating group) is 1. The highest BCUT2D eigenvalue weighted by Crippen LogP contribution is 2.30. The van der Waals surface area contributed by atoms with Crippen molar-refractivity contribution in [3.63, 3.8) is 0 Å². The number of nitrogens with zero attached hydrogens (tertiary/aromatic N) is 1. The fourth-order valence-electron chi connectivity index (χ4n) is 2.35. The van der Waals surface area contributed by atoms with Gasteiger partial charge in [-0.25, -0.2) is 0 Å². The molecule has 1 rings (SSSR count). The summed E-state index contributed by atoms with van der Waals surface area (Å²) in [4.78, 5) is 2.35. The predicted molar refractivity (Wildman–Crippen MR) is 88.1 cm³/mol. The third kappa shape index (κ3) is 4.67. The summed E-state index contributed by atoms with van der Waals surface area (Å²) >= 11 is 8.21. The van der Waals surface area contributed by atoms with Crippen molar-refractivity contribution in [1.82, 2.24) is 4.90 Å². The number of hydrogen-bond donors (Lipinski definition) is 1. The summed E-state index contributed by atoms with van der Waals surface area (Å²) in [6.07, 6.45) is 3.30. The largest absolute Gasteiger partial charge is 0.326 e. The molecule has 0 bridgehead atoms. The van der Waals surface area contributed by atoms with Crippen molar-refractivity contribution >= 4 is 23.4 Å². The molecule has 0 saturated heterocycles. The number of hydrogen-bond acceptors (Lipinski definition) is 3. The summed E-state index contributed by atoms with van der Waals surface area (Å²) in [7, 11) is 2.14. The lowest BCUT2D eigenvalue weighted by molar-refractivity contribution is 0.162. The van der Waals surface area contributed by atoms with Crippen LogP contribution in [-0.2, 0) is 0 Å². The van der Waals surface area contributed by atoms with Crippen molar-refractivity contribution in [1.29, 1.82) is 0 Å². The lowest BCUT2D eigenvalue weighted by Gasteiger charge is -2.36. The monoisotopic (exact) mass is 300 g/mol. The van der Waals surface area contributed by atoms with E-state index in [4.69, 9.17) is 17.3 Å². The van der Waals surface area contributed by atoms with E-state index in [0.717, 1.165) is 17.0 Å². The number of halogens is 1. The first-order valence-electron chi connectivity index (χ1n) is 6.70. The van der Waals surface area contributed by atoms with Crippen molar-refractivity contribution in [3.05, 3.63) is 34.9 Å². The molecule has 0 saturated carbocycles. The molecule has 0 aromatic heterocycles. The van der Waals surface area contributed by atoms with E-state index in [1.54, 1.807) is 0 Å². The Kier molecular flexibility index (Phi) is 7.22. The Bertz CT molecular complexity index is 384. The zero-order valence-corrected chi connectivity index (χ0v) is 13.8. The van der Waals surface area contributed by atoms with Gasteiger partial charge in [-0.1, -0.05) is 29.8 Å². The summed E-state index contributed by atoms with van der Waals surface area (Å²) in [5.41, 5.74) is 7.32. The van der Waals surface area contributed by atoms with Gasteiger partial charge >= 0.3 is 0 Å². The molecule has 4 heteroatoms. The summed E-state index contributed by atoms with van der Waals surface area (Å²) in [5, 5.41) is 0.800. The highest BCUT2D eigenvalue weighted by atomic mass is 35.5. The summed E-state index contributed by atoms with van der Waals surface area (Å²) in [6, 6.07) is 8.69. The van der Waals surface area contributed by atoms with Crippen LogP contribution in [0.2, 0.25) is 5.02 Å². The number of benzene rings is 1. The minimum atomic E-state index is 0.0432. The standard InChI is InChI=1S/C15H25ClN2S/c1-11(9-10-19-4)18(3)15(12(2)17)13-7-5-6-8-14(13)16/h5-8,11-12,15H,9-10,17H2,1-4H3. The van der Waals surface area contributed by atoms with Crippen LogP contribution in [0.1, 0.15) is 31.9 Å². The van der Waals surface area contributed by atoms with Crippen LogP contribution in [0.3, 0.4) is 0 Å². The maximum atomic E-state index is 6.33. The van der Waals surface area contributed by atoms with E-state index in [9.17, 15) is 0 Å². The summed E-state index contributed by atoms with van der Waals surface area (Å²) in [6.45, 7) is 4.30. The molecule has 19 heavy (non-hydrogen) atoms. The Hall–Kier alpha value is -0.220. The van der Waals surface area contributed by atoms with Crippen LogP contribution in [0.4, 0.5) is 0 Å². The number of rotatable bonds is 7. The van der Waals surface area contributed by atoms with Crippen molar-refractivity contribution in [3.8, 4) is 0 Å². The summed E-state index contributed by atoms with van der Waals surface area (Å²) < 4.78 is 0. The lowest BCUT2D eigenvalue weighted by atomic mass is 9.97. The second-order valence-electron chi connectivity index (χ2n) is 5.12. The van der Waals surface area contributed by atoms with E-state index in [2.05, 4.69) is 31.2 Å². The fourth-order valence-corrected chi connectivity index (χ4v) is 3.18. The van der Waals surface area contributed by atoms with Crippen LogP contribution in [0.5, 0.6) is 0 Å². The SMILES string of the molecule is CSCCC(C)N(C)C(c1ccccc1Cl)C(C)N. The van der Waals surface area contributed by atoms with Gasteiger partial charge in [0, 0.05) is 17.1 Å². The first kappa shape index (κ1) is 16.8. The molecule has 0 spiro atoms. The Morgan fingerprint density at radius 3 is 2.47 bits per heavy atom. The Balaban J connectivity index is 2.92. The van der Waals surface area contributed by atoms with Gasteiger partial charge in [0.2, 0.25) is 0 Å². The van der Waals surface area contributed by atoms with Crippen LogP contribution < -0.4 is 5.73 Å². The molecule has 0 aliphatic carbocycles. The maximum absolute atomic E-state index is 6.33. The quantitative estimate of drug-likeness (QED) is 0.830. The third-order valence-corrected chi connectivity index (χ3v) is 4.58. The van der Waals surface area contributed by atoms with Crippen LogP contribution in [0, 0.1) is 0 Å². The van der Waals surface area contributed by atoms with E-state index in [1.165, 1.54) is 5.75 Å². The average Bonchev–Trinajstić information content (AvgIpc) is 2.38. The van der Waals surface area contributed by atoms with Crippen molar-refractivity contribution < 1.29 is 0 Å². The van der Waals surface area contributed by atoms with Gasteiger partial charge in [-0.2, -0.15) is 11.8 Å². The van der Waals surface area contributed by atoms with Gasteiger partial charge in [-0.15, -0.1) is 0 Å². The van der Waals surface area contributed by atoms with Crippen molar-refractivity contribution in [2.24, 2.45) is 5.73 Å². The van der Waals surface area contributed by atoms with Crippen molar-refractivity contribution in [2.45, 2.75) is 38.4 Å². The Morgan fingerprint density at radius 1 is 1.32 bits per heavy atom. The average molecular weight is 301 g/mol. The molecule has 3 unspecified atom stereocenters. The molecule has 108 valence electrons. The molecule has 3 atom stereocenters. The molecule has 0 aliphatic heterocycles. The maximum Gasteiger partial charge on any atom is 0.0510 e. The molecule has 0 heterocycles. The van der Waals surface area contributed by atoms with E-state index in [1.807, 2.05) is 36.9 Å². The molecule has 0 fully saturated rings. The lowest BCUT2D eigenvalue weighted by Crippen LogP contribution is -2.42. The third-order valence-electron chi connectivity index (χ3n) is 3.60. The molecular weight excluding hydrogens is 276 g/mol. The minimum absolute atomic E-state index is 0.0432. The topological polar surface area (TPSA) is 29.3 Å². The highest BCUT2D eigenvalue weighted by Gasteiger charge is 2.26. The molecular formula is C15H25ClN2S. The molecule has 0 aliphatic rings. The van der Waals surface area contributed by atoms with E-state index in [0.29, 0.717) is 6.04 Å². The Morgan fingerprint density at radius 2 is 1.95 bits per heavy atom. The smallest absolute Gasteiger partial charge is 0.0510 e. The zero-order chi connectivity index (χ0) is 14.4. The van der Waals surface area contributed by atoms with Crippen LogP contribution >= 0.6 is 23.4 Å². The fraction of sp³-hybridized carbons (Fsp3) is 0.600. The summed E-state index contributed by atoms with van der Waals surface area (Å²) in [5.74, 6) is 1.17. The van der Waals surface area contributed by atoms with Crippen LogP contribution in [-0.4, -0.2) is 36.0 Å². The van der Waals surface area contributed by atoms with Gasteiger partial charge in [0.05, 0.1) is 6.04 Å². The van der Waals surface area contributed by atoms with Gasteiger partial charge < -0.3 is 5.73 Å². The van der Waals surface area contributed by atoms with Gasteiger partial charge in [-0.3, -0.25) is 4.90 Å². The van der Waals surface area contributed by atoms with Gasteiger partial charge in [-0.05, 0) is 51.0 Å². The minimum Gasteiger partial charge on any atom is -0.326 e. The molecule has 1 aromatic rings. The van der Waals surface area contributed by atoms with Gasteiger partial charge in [0.25, 0.3) is 0 Å². The van der Waals surface area contributed by atoms with E-state index >= 15 is 0 Å². The Labute approximate surface area is 126 Å². The molecule has 1 aromatic carbocycles. The zero-order valence-electron chi connectivity index (χ0n) is 12.3.